The number of anilines is 3. The van der Waals surface area contributed by atoms with E-state index in [9.17, 15) is 0 Å². The highest BCUT2D eigenvalue weighted by Crippen LogP contribution is 2.47. The highest BCUT2D eigenvalue weighted by Gasteiger charge is 2.23. The molecule has 4 aromatic carbocycles. The quantitative estimate of drug-likeness (QED) is 0.201. The molecule has 1 radical (unpaired) electrons. The first-order valence-electron chi connectivity index (χ1n) is 14.4. The van der Waals surface area contributed by atoms with Crippen molar-refractivity contribution in [1.29, 1.82) is 0 Å². The SMILES string of the molecule is [CH2]c1c(-c2ccc(N(CC)CC)cc2)c(-c2ccc(N(CC)CC)cc2)c(N(CC)CC)c2ccccc12. The minimum atomic E-state index is 0.946. The van der Waals surface area contributed by atoms with Crippen LogP contribution in [0.25, 0.3) is 33.0 Å². The molecule has 0 aliphatic heterocycles. The maximum absolute atomic E-state index is 4.69. The number of hydrogen-bond donors (Lipinski definition) is 0. The molecule has 0 bridgehead atoms. The van der Waals surface area contributed by atoms with Crippen LogP contribution in [0.15, 0.2) is 72.8 Å². The van der Waals surface area contributed by atoms with E-state index >= 15 is 0 Å². The largest absolute Gasteiger partial charge is 0.372 e. The lowest BCUT2D eigenvalue weighted by Gasteiger charge is -2.30. The van der Waals surface area contributed by atoms with Gasteiger partial charge in [-0.2, -0.15) is 0 Å². The molecule has 0 heterocycles. The fraction of sp³-hybridized carbons (Fsp3) is 0.343. The predicted molar refractivity (Wildman–Crippen MR) is 170 cm³/mol. The second-order valence-corrected chi connectivity index (χ2v) is 9.73. The Labute approximate surface area is 230 Å². The Hall–Kier alpha value is -3.46. The van der Waals surface area contributed by atoms with Crippen LogP contribution in [0.3, 0.4) is 0 Å². The van der Waals surface area contributed by atoms with E-state index in [1.165, 1.54) is 50.1 Å². The summed E-state index contributed by atoms with van der Waals surface area (Å²) in [6.45, 7) is 24.0. The number of hydrogen-bond acceptors (Lipinski definition) is 3. The van der Waals surface area contributed by atoms with Gasteiger partial charge >= 0.3 is 0 Å². The molecule has 0 fully saturated rings. The van der Waals surface area contributed by atoms with Crippen molar-refractivity contribution in [1.82, 2.24) is 0 Å². The van der Waals surface area contributed by atoms with Gasteiger partial charge < -0.3 is 14.7 Å². The molecule has 0 amide bonds. The molecule has 3 heteroatoms. The van der Waals surface area contributed by atoms with Gasteiger partial charge in [0, 0.05) is 61.6 Å². The number of rotatable bonds is 11. The van der Waals surface area contributed by atoms with Gasteiger partial charge in [0.1, 0.15) is 0 Å². The summed E-state index contributed by atoms with van der Waals surface area (Å²) < 4.78 is 0. The Morgan fingerprint density at radius 1 is 0.474 bits per heavy atom. The molecule has 0 atom stereocenters. The lowest BCUT2D eigenvalue weighted by molar-refractivity contribution is 0.866. The van der Waals surface area contributed by atoms with Crippen molar-refractivity contribution >= 4 is 27.8 Å². The van der Waals surface area contributed by atoms with Crippen molar-refractivity contribution in [3.63, 3.8) is 0 Å². The topological polar surface area (TPSA) is 9.72 Å². The first-order chi connectivity index (χ1) is 18.5. The molecule has 199 valence electrons. The third-order valence-electron chi connectivity index (χ3n) is 7.94. The predicted octanol–water partition coefficient (Wildman–Crippen LogP) is 8.89. The Morgan fingerprint density at radius 2 is 0.868 bits per heavy atom. The zero-order valence-electron chi connectivity index (χ0n) is 24.2. The number of nitrogens with zero attached hydrogens (tertiary/aromatic N) is 3. The van der Waals surface area contributed by atoms with Crippen LogP contribution >= 0.6 is 0 Å². The molecular formula is C35H44N3. The molecule has 0 spiro atoms. The van der Waals surface area contributed by atoms with Crippen LogP contribution in [-0.2, 0) is 0 Å². The van der Waals surface area contributed by atoms with Crippen LogP contribution in [0.2, 0.25) is 0 Å². The van der Waals surface area contributed by atoms with E-state index < -0.39 is 0 Å². The van der Waals surface area contributed by atoms with Crippen LogP contribution in [0, 0.1) is 6.92 Å². The maximum atomic E-state index is 4.69. The van der Waals surface area contributed by atoms with Crippen LogP contribution in [0.4, 0.5) is 17.1 Å². The molecule has 0 N–H and O–H groups in total. The highest BCUT2D eigenvalue weighted by molar-refractivity contribution is 6.11. The fourth-order valence-electron chi connectivity index (χ4n) is 5.81. The van der Waals surface area contributed by atoms with Gasteiger partial charge in [0.15, 0.2) is 0 Å². The first-order valence-corrected chi connectivity index (χ1v) is 14.4. The van der Waals surface area contributed by atoms with E-state index in [0.717, 1.165) is 44.8 Å². The Bertz CT molecular complexity index is 1330. The van der Waals surface area contributed by atoms with Gasteiger partial charge in [0.05, 0.1) is 5.69 Å². The minimum Gasteiger partial charge on any atom is -0.372 e. The second-order valence-electron chi connectivity index (χ2n) is 9.73. The Kier molecular flexibility index (Phi) is 8.99. The molecule has 0 aromatic heterocycles. The van der Waals surface area contributed by atoms with E-state index in [4.69, 9.17) is 0 Å². The molecule has 0 aliphatic rings. The summed E-state index contributed by atoms with van der Waals surface area (Å²) in [6, 6.07) is 27.0. The third kappa shape index (κ3) is 5.12. The standard InChI is InChI=1S/C35H44N3/c1-8-36(9-2)29-22-18-27(19-23-29)33-26(7)31-16-14-15-17-32(31)35(38(12-5)13-6)34(33)28-20-24-30(25-21-28)37(10-3)11-4/h14-25H,7-13H2,1-6H3. The van der Waals surface area contributed by atoms with Gasteiger partial charge in [-0.25, -0.2) is 0 Å². The highest BCUT2D eigenvalue weighted by atomic mass is 15.1. The zero-order chi connectivity index (χ0) is 27.2. The van der Waals surface area contributed by atoms with E-state index in [0.29, 0.717) is 0 Å². The van der Waals surface area contributed by atoms with Crippen LogP contribution in [0.5, 0.6) is 0 Å². The average molecular weight is 507 g/mol. The normalized spacial score (nSPS) is 11.1. The molecule has 3 nitrogen and oxygen atoms in total. The summed E-state index contributed by atoms with van der Waals surface area (Å²) >= 11 is 0. The average Bonchev–Trinajstić information content (AvgIpc) is 2.97. The van der Waals surface area contributed by atoms with E-state index in [2.05, 4.69) is 136 Å². The Morgan fingerprint density at radius 3 is 1.29 bits per heavy atom. The lowest BCUT2D eigenvalue weighted by Crippen LogP contribution is -2.23. The summed E-state index contributed by atoms with van der Waals surface area (Å²) in [4.78, 5) is 7.29. The van der Waals surface area contributed by atoms with Crippen LogP contribution < -0.4 is 14.7 Å². The van der Waals surface area contributed by atoms with Gasteiger partial charge in [-0.05, 0) is 100 Å². The molecule has 0 saturated heterocycles. The van der Waals surface area contributed by atoms with Crippen molar-refractivity contribution in [3.05, 3.63) is 85.3 Å². The number of benzene rings is 4. The first kappa shape index (κ1) is 27.6. The smallest absolute Gasteiger partial charge is 0.0531 e. The molecule has 0 saturated carbocycles. The van der Waals surface area contributed by atoms with Gasteiger partial charge in [0.2, 0.25) is 0 Å². The molecule has 4 rings (SSSR count). The number of fused-ring (bicyclic) bond motifs is 1. The molecule has 4 aromatic rings. The third-order valence-corrected chi connectivity index (χ3v) is 7.94. The molecule has 38 heavy (non-hydrogen) atoms. The summed E-state index contributed by atoms with van der Waals surface area (Å²) in [5, 5.41) is 2.49. The molecular weight excluding hydrogens is 462 g/mol. The summed E-state index contributed by atoms with van der Waals surface area (Å²) in [6.07, 6.45) is 0. The summed E-state index contributed by atoms with van der Waals surface area (Å²) in [7, 11) is 0. The summed E-state index contributed by atoms with van der Waals surface area (Å²) in [5.41, 5.74) is 9.88. The zero-order valence-corrected chi connectivity index (χ0v) is 24.2. The van der Waals surface area contributed by atoms with Crippen molar-refractivity contribution in [2.45, 2.75) is 41.5 Å². The minimum absolute atomic E-state index is 0.946. The molecule has 0 unspecified atom stereocenters. The van der Waals surface area contributed by atoms with Gasteiger partial charge in [-0.3, -0.25) is 0 Å². The van der Waals surface area contributed by atoms with E-state index in [-0.39, 0.29) is 0 Å². The van der Waals surface area contributed by atoms with Crippen molar-refractivity contribution in [2.75, 3.05) is 54.0 Å². The van der Waals surface area contributed by atoms with Crippen molar-refractivity contribution in [3.8, 4) is 22.3 Å². The van der Waals surface area contributed by atoms with Gasteiger partial charge in [-0.1, -0.05) is 48.5 Å². The van der Waals surface area contributed by atoms with Crippen molar-refractivity contribution in [2.24, 2.45) is 0 Å². The van der Waals surface area contributed by atoms with Crippen molar-refractivity contribution < 1.29 is 0 Å². The maximum Gasteiger partial charge on any atom is 0.0531 e. The molecule has 0 aliphatic carbocycles. The fourth-order valence-corrected chi connectivity index (χ4v) is 5.81. The van der Waals surface area contributed by atoms with Gasteiger partial charge in [-0.15, -0.1) is 0 Å². The second kappa shape index (κ2) is 12.4. The van der Waals surface area contributed by atoms with E-state index in [1.807, 2.05) is 0 Å². The van der Waals surface area contributed by atoms with Crippen LogP contribution in [0.1, 0.15) is 47.1 Å². The monoisotopic (exact) mass is 506 g/mol. The van der Waals surface area contributed by atoms with Crippen LogP contribution in [-0.4, -0.2) is 39.3 Å². The summed E-state index contributed by atoms with van der Waals surface area (Å²) in [5.74, 6) is 0. The lowest BCUT2D eigenvalue weighted by atomic mass is 9.85. The van der Waals surface area contributed by atoms with E-state index in [1.54, 1.807) is 0 Å². The Balaban J connectivity index is 2.04. The van der Waals surface area contributed by atoms with Gasteiger partial charge in [0.25, 0.3) is 0 Å².